The maximum atomic E-state index is 13.1. The Morgan fingerprint density at radius 2 is 1.84 bits per heavy atom. The van der Waals surface area contributed by atoms with Gasteiger partial charge in [-0.05, 0) is 67.4 Å². The lowest BCUT2D eigenvalue weighted by Crippen LogP contribution is -2.29. The van der Waals surface area contributed by atoms with Crippen LogP contribution in [0.2, 0.25) is 0 Å². The summed E-state index contributed by atoms with van der Waals surface area (Å²) in [7, 11) is -3.67. The van der Waals surface area contributed by atoms with E-state index < -0.39 is 10.0 Å². The van der Waals surface area contributed by atoms with Crippen molar-refractivity contribution in [1.29, 1.82) is 0 Å². The monoisotopic (exact) mass is 500 g/mol. The minimum Gasteiger partial charge on any atom is -0.493 e. The summed E-state index contributed by atoms with van der Waals surface area (Å²) < 4.78 is 34.0. The summed E-state index contributed by atoms with van der Waals surface area (Å²) in [6, 6.07) is 18.9. The van der Waals surface area contributed by atoms with Gasteiger partial charge in [0.25, 0.3) is 15.9 Å². The number of anilines is 2. The van der Waals surface area contributed by atoms with E-state index in [0.29, 0.717) is 36.6 Å². The van der Waals surface area contributed by atoms with Crippen molar-refractivity contribution in [2.75, 3.05) is 22.8 Å². The van der Waals surface area contributed by atoms with Crippen LogP contribution in [0, 0.1) is 0 Å². The number of hydrogen-bond acceptors (Lipinski definition) is 4. The lowest BCUT2D eigenvalue weighted by Gasteiger charge is -2.19. The summed E-state index contributed by atoms with van der Waals surface area (Å²) in [4.78, 5) is 12.9. The molecule has 1 N–H and O–H groups in total. The highest BCUT2D eigenvalue weighted by Gasteiger charge is 2.30. The van der Waals surface area contributed by atoms with Crippen LogP contribution < -0.4 is 14.4 Å². The van der Waals surface area contributed by atoms with E-state index in [2.05, 4.69) is 21.2 Å². The SMILES string of the molecule is CCOc1ccc(Br)cc1C(=O)Nc1ccc(S(=O)(=O)N2CCc3ccccc32)cc1. The molecule has 0 aromatic heterocycles. The fraction of sp³-hybridized carbons (Fsp3) is 0.174. The van der Waals surface area contributed by atoms with E-state index in [1.54, 1.807) is 30.3 Å². The Morgan fingerprint density at radius 1 is 1.10 bits per heavy atom. The highest BCUT2D eigenvalue weighted by Crippen LogP contribution is 2.33. The summed E-state index contributed by atoms with van der Waals surface area (Å²) in [5.41, 5.74) is 2.63. The van der Waals surface area contributed by atoms with E-state index in [9.17, 15) is 13.2 Å². The van der Waals surface area contributed by atoms with Gasteiger partial charge in [0.05, 0.1) is 22.8 Å². The largest absolute Gasteiger partial charge is 0.493 e. The number of para-hydroxylation sites is 1. The molecule has 3 aromatic carbocycles. The molecule has 0 spiro atoms. The zero-order chi connectivity index (χ0) is 22.0. The average Bonchev–Trinajstić information content (AvgIpc) is 3.20. The Hall–Kier alpha value is -2.84. The molecule has 0 unspecified atom stereocenters. The van der Waals surface area contributed by atoms with E-state index in [-0.39, 0.29) is 10.8 Å². The maximum Gasteiger partial charge on any atom is 0.264 e. The van der Waals surface area contributed by atoms with Crippen LogP contribution in [-0.4, -0.2) is 27.5 Å². The van der Waals surface area contributed by atoms with Crippen LogP contribution in [0.15, 0.2) is 76.1 Å². The molecular formula is C23H21BrN2O4S. The second-order valence-electron chi connectivity index (χ2n) is 7.01. The molecule has 3 aromatic rings. The molecule has 0 atom stereocenters. The van der Waals surface area contributed by atoms with Crippen LogP contribution >= 0.6 is 15.9 Å². The first-order valence-corrected chi connectivity index (χ1v) is 12.1. The maximum absolute atomic E-state index is 13.1. The van der Waals surface area contributed by atoms with Gasteiger partial charge in [-0.25, -0.2) is 8.42 Å². The Bertz CT molecular complexity index is 1230. The molecule has 1 amide bonds. The van der Waals surface area contributed by atoms with Gasteiger partial charge in [0.15, 0.2) is 0 Å². The van der Waals surface area contributed by atoms with Gasteiger partial charge in [-0.15, -0.1) is 0 Å². The molecule has 31 heavy (non-hydrogen) atoms. The topological polar surface area (TPSA) is 75.7 Å². The fourth-order valence-electron chi connectivity index (χ4n) is 3.55. The number of benzene rings is 3. The summed E-state index contributed by atoms with van der Waals surface area (Å²) in [6.07, 6.45) is 0.693. The number of halogens is 1. The number of fused-ring (bicyclic) bond motifs is 1. The third-order valence-corrected chi connectivity index (χ3v) is 7.35. The van der Waals surface area contributed by atoms with Gasteiger partial charge in [-0.3, -0.25) is 9.10 Å². The Morgan fingerprint density at radius 3 is 2.58 bits per heavy atom. The van der Waals surface area contributed by atoms with E-state index in [0.717, 1.165) is 15.7 Å². The lowest BCUT2D eigenvalue weighted by molar-refractivity contribution is 0.102. The summed E-state index contributed by atoms with van der Waals surface area (Å²) in [6.45, 7) is 2.71. The Labute approximate surface area is 190 Å². The first kappa shape index (κ1) is 21.4. The van der Waals surface area contributed by atoms with Crippen molar-refractivity contribution in [2.45, 2.75) is 18.2 Å². The number of carbonyl (C=O) groups is 1. The standard InChI is InChI=1S/C23H21BrN2O4S/c1-2-30-22-12-7-17(24)15-20(22)23(27)25-18-8-10-19(11-9-18)31(28,29)26-14-13-16-5-3-4-6-21(16)26/h3-12,15H,2,13-14H2,1H3,(H,25,27). The third-order valence-electron chi connectivity index (χ3n) is 5.03. The van der Waals surface area contributed by atoms with Crippen LogP contribution in [0.3, 0.4) is 0 Å². The lowest BCUT2D eigenvalue weighted by atomic mass is 10.2. The van der Waals surface area contributed by atoms with E-state index in [1.165, 1.54) is 16.4 Å². The van der Waals surface area contributed by atoms with Gasteiger partial charge < -0.3 is 10.1 Å². The Balaban J connectivity index is 1.54. The van der Waals surface area contributed by atoms with E-state index in [4.69, 9.17) is 4.74 Å². The van der Waals surface area contributed by atoms with Gasteiger partial charge in [0, 0.05) is 16.7 Å². The molecule has 0 aliphatic carbocycles. The molecule has 6 nitrogen and oxygen atoms in total. The number of nitrogens with one attached hydrogen (secondary N) is 1. The van der Waals surface area contributed by atoms with Crippen LogP contribution in [-0.2, 0) is 16.4 Å². The number of ether oxygens (including phenoxy) is 1. The van der Waals surface area contributed by atoms with Crippen molar-refractivity contribution in [3.05, 3.63) is 82.3 Å². The van der Waals surface area contributed by atoms with Crippen molar-refractivity contribution >= 4 is 43.2 Å². The third kappa shape index (κ3) is 4.31. The van der Waals surface area contributed by atoms with Crippen molar-refractivity contribution in [1.82, 2.24) is 0 Å². The zero-order valence-electron chi connectivity index (χ0n) is 16.8. The van der Waals surface area contributed by atoms with Gasteiger partial charge >= 0.3 is 0 Å². The first-order chi connectivity index (χ1) is 14.9. The second kappa shape index (κ2) is 8.72. The fourth-order valence-corrected chi connectivity index (χ4v) is 5.42. The van der Waals surface area contributed by atoms with Crippen LogP contribution in [0.25, 0.3) is 0 Å². The van der Waals surface area contributed by atoms with Crippen LogP contribution in [0.4, 0.5) is 11.4 Å². The molecule has 0 fully saturated rings. The van der Waals surface area contributed by atoms with Crippen LogP contribution in [0.5, 0.6) is 5.75 Å². The van der Waals surface area contributed by atoms with Gasteiger partial charge in [-0.1, -0.05) is 34.1 Å². The predicted octanol–water partition coefficient (Wildman–Crippen LogP) is 4.85. The first-order valence-electron chi connectivity index (χ1n) is 9.84. The zero-order valence-corrected chi connectivity index (χ0v) is 19.2. The molecule has 0 bridgehead atoms. The quantitative estimate of drug-likeness (QED) is 0.524. The molecule has 1 aliphatic rings. The number of carbonyl (C=O) groups excluding carboxylic acids is 1. The highest BCUT2D eigenvalue weighted by atomic mass is 79.9. The number of amides is 1. The number of nitrogens with zero attached hydrogens (tertiary/aromatic N) is 1. The van der Waals surface area contributed by atoms with E-state index in [1.807, 2.05) is 31.2 Å². The van der Waals surface area contributed by atoms with Crippen LogP contribution in [0.1, 0.15) is 22.8 Å². The normalized spacial score (nSPS) is 13.0. The predicted molar refractivity (Wildman–Crippen MR) is 124 cm³/mol. The van der Waals surface area contributed by atoms with Crippen molar-refractivity contribution in [3.8, 4) is 5.75 Å². The second-order valence-corrected chi connectivity index (χ2v) is 9.79. The molecule has 1 heterocycles. The number of hydrogen-bond donors (Lipinski definition) is 1. The molecule has 160 valence electrons. The van der Waals surface area contributed by atoms with Crippen molar-refractivity contribution in [3.63, 3.8) is 0 Å². The minimum absolute atomic E-state index is 0.180. The molecule has 0 radical (unpaired) electrons. The molecule has 0 saturated heterocycles. The van der Waals surface area contributed by atoms with Gasteiger partial charge in [0.1, 0.15) is 5.75 Å². The average molecular weight is 501 g/mol. The van der Waals surface area contributed by atoms with Crippen molar-refractivity contribution in [2.24, 2.45) is 0 Å². The van der Waals surface area contributed by atoms with Gasteiger partial charge in [0.2, 0.25) is 0 Å². The van der Waals surface area contributed by atoms with E-state index >= 15 is 0 Å². The Kier molecular flexibility index (Phi) is 6.02. The molecule has 4 rings (SSSR count). The molecular weight excluding hydrogens is 480 g/mol. The molecule has 0 saturated carbocycles. The highest BCUT2D eigenvalue weighted by molar-refractivity contribution is 9.10. The summed E-state index contributed by atoms with van der Waals surface area (Å²) in [5, 5.41) is 2.80. The summed E-state index contributed by atoms with van der Waals surface area (Å²) in [5.74, 6) is 0.143. The minimum atomic E-state index is -3.67. The smallest absolute Gasteiger partial charge is 0.264 e. The van der Waals surface area contributed by atoms with Crippen molar-refractivity contribution < 1.29 is 17.9 Å². The number of sulfonamides is 1. The number of rotatable bonds is 6. The summed E-state index contributed by atoms with van der Waals surface area (Å²) >= 11 is 3.37. The molecule has 1 aliphatic heterocycles. The molecule has 8 heteroatoms. The van der Waals surface area contributed by atoms with Gasteiger partial charge in [-0.2, -0.15) is 0 Å².